The zero-order valence-corrected chi connectivity index (χ0v) is 14.9. The molecule has 2 rings (SSSR count). The Morgan fingerprint density at radius 3 is 2.61 bits per heavy atom. The summed E-state index contributed by atoms with van der Waals surface area (Å²) in [7, 11) is -2.73. The van der Waals surface area contributed by atoms with E-state index >= 15 is 0 Å². The molecule has 1 aromatic carbocycles. The van der Waals surface area contributed by atoms with Gasteiger partial charge in [-0.15, -0.1) is 0 Å². The Kier molecular flexibility index (Phi) is 5.74. The first kappa shape index (κ1) is 17.9. The van der Waals surface area contributed by atoms with Crippen molar-refractivity contribution in [2.45, 2.75) is 14.7 Å². The van der Waals surface area contributed by atoms with Crippen molar-refractivity contribution in [1.29, 1.82) is 0 Å². The molecule has 2 amide bonds. The molecule has 122 valence electrons. The number of nitrogens with zero attached hydrogens (tertiary/aromatic N) is 1. The maximum absolute atomic E-state index is 12.3. The summed E-state index contributed by atoms with van der Waals surface area (Å²) in [6.45, 7) is 0. The molecule has 0 bridgehead atoms. The number of rotatable bonds is 4. The molecule has 10 heteroatoms. The lowest BCUT2D eigenvalue weighted by Crippen LogP contribution is -2.37. The Labute approximate surface area is 147 Å². The van der Waals surface area contributed by atoms with Crippen LogP contribution < -0.4 is 10.0 Å². The van der Waals surface area contributed by atoms with Crippen LogP contribution in [0.25, 0.3) is 0 Å². The normalized spacial score (nSPS) is 11.1. The van der Waals surface area contributed by atoms with Gasteiger partial charge in [0.15, 0.2) is 0 Å². The number of carbonyl (C=O) groups excluding carboxylic acids is 1. The number of amides is 2. The third-order valence-electron chi connectivity index (χ3n) is 2.61. The van der Waals surface area contributed by atoms with E-state index in [0.717, 1.165) is 11.8 Å². The Hall–Kier alpha value is -1.48. The molecule has 0 saturated carbocycles. The maximum atomic E-state index is 12.3. The van der Waals surface area contributed by atoms with Crippen LogP contribution in [0.2, 0.25) is 10.0 Å². The fraction of sp³-hybridized carbons (Fsp3) is 0.0769. The van der Waals surface area contributed by atoms with Crippen molar-refractivity contribution >= 4 is 51.0 Å². The molecule has 1 heterocycles. The Balaban J connectivity index is 2.37. The van der Waals surface area contributed by atoms with Gasteiger partial charge in [0.05, 0.1) is 10.0 Å². The first-order chi connectivity index (χ1) is 10.8. The van der Waals surface area contributed by atoms with Crippen LogP contribution in [0.3, 0.4) is 0 Å². The molecule has 0 aliphatic rings. The molecule has 1 aromatic heterocycles. The van der Waals surface area contributed by atoms with Gasteiger partial charge in [-0.3, -0.25) is 4.98 Å². The van der Waals surface area contributed by atoms with Gasteiger partial charge in [-0.05, 0) is 24.3 Å². The van der Waals surface area contributed by atoms with Crippen LogP contribution in [-0.4, -0.2) is 26.5 Å². The molecule has 2 aromatic rings. The fourth-order valence-electron chi connectivity index (χ4n) is 1.55. The third-order valence-corrected chi connectivity index (χ3v) is 5.90. The highest BCUT2D eigenvalue weighted by Crippen LogP contribution is 2.35. The highest BCUT2D eigenvalue weighted by Gasteiger charge is 2.21. The summed E-state index contributed by atoms with van der Waals surface area (Å²) >= 11 is 13.0. The molecular formula is C13H11Cl2N3O3S2. The van der Waals surface area contributed by atoms with Crippen molar-refractivity contribution in [2.24, 2.45) is 0 Å². The third kappa shape index (κ3) is 4.51. The number of urea groups is 1. The number of aromatic nitrogens is 1. The van der Waals surface area contributed by atoms with E-state index < -0.39 is 16.1 Å². The van der Waals surface area contributed by atoms with Crippen LogP contribution in [0.1, 0.15) is 0 Å². The van der Waals surface area contributed by atoms with E-state index in [1.165, 1.54) is 25.5 Å². The predicted octanol–water partition coefficient (Wildman–Crippen LogP) is 3.16. The zero-order valence-electron chi connectivity index (χ0n) is 11.7. The Morgan fingerprint density at radius 1 is 1.22 bits per heavy atom. The van der Waals surface area contributed by atoms with Gasteiger partial charge in [0.1, 0.15) is 4.90 Å². The number of benzene rings is 1. The van der Waals surface area contributed by atoms with Crippen LogP contribution >= 0.6 is 35.0 Å². The Morgan fingerprint density at radius 2 is 1.96 bits per heavy atom. The van der Waals surface area contributed by atoms with Crippen molar-refractivity contribution < 1.29 is 13.2 Å². The molecule has 0 aliphatic heterocycles. The summed E-state index contributed by atoms with van der Waals surface area (Å²) in [5.41, 5.74) is 0. The lowest BCUT2D eigenvalue weighted by molar-refractivity contribution is 0.247. The quantitative estimate of drug-likeness (QED) is 0.835. The largest absolute Gasteiger partial charge is 0.340 e. The van der Waals surface area contributed by atoms with Gasteiger partial charge in [-0.2, -0.15) is 0 Å². The van der Waals surface area contributed by atoms with E-state index in [1.54, 1.807) is 18.2 Å². The SMILES string of the molecule is CNC(=O)NS(=O)(=O)c1cnccc1Sc1ccc(Cl)c(Cl)c1. The highest BCUT2D eigenvalue weighted by molar-refractivity contribution is 8.00. The molecule has 0 unspecified atom stereocenters. The van der Waals surface area contributed by atoms with Gasteiger partial charge in [-0.1, -0.05) is 35.0 Å². The average molecular weight is 392 g/mol. The summed E-state index contributed by atoms with van der Waals surface area (Å²) < 4.78 is 26.4. The number of nitrogens with one attached hydrogen (secondary N) is 2. The monoisotopic (exact) mass is 391 g/mol. The number of carbonyl (C=O) groups is 1. The second kappa shape index (κ2) is 7.39. The van der Waals surface area contributed by atoms with E-state index in [-0.39, 0.29) is 4.90 Å². The topological polar surface area (TPSA) is 88.2 Å². The van der Waals surface area contributed by atoms with Crippen LogP contribution in [-0.2, 0) is 10.0 Å². The smallest absolute Gasteiger partial charge is 0.328 e. The number of pyridine rings is 1. The lowest BCUT2D eigenvalue weighted by Gasteiger charge is -2.10. The number of halogens is 2. The Bertz CT molecular complexity index is 844. The summed E-state index contributed by atoms with van der Waals surface area (Å²) in [5.74, 6) is 0. The average Bonchev–Trinajstić information content (AvgIpc) is 2.51. The van der Waals surface area contributed by atoms with Gasteiger partial charge in [-0.25, -0.2) is 17.9 Å². The number of sulfonamides is 1. The second-order valence-electron chi connectivity index (χ2n) is 4.19. The van der Waals surface area contributed by atoms with Gasteiger partial charge in [0, 0.05) is 29.2 Å². The zero-order chi connectivity index (χ0) is 17.0. The van der Waals surface area contributed by atoms with E-state index in [0.29, 0.717) is 19.8 Å². The summed E-state index contributed by atoms with van der Waals surface area (Å²) in [5, 5.41) is 2.95. The molecule has 0 atom stereocenters. The fourth-order valence-corrected chi connectivity index (χ4v) is 4.20. The van der Waals surface area contributed by atoms with Gasteiger partial charge in [0.25, 0.3) is 10.0 Å². The highest BCUT2D eigenvalue weighted by atomic mass is 35.5. The van der Waals surface area contributed by atoms with Crippen LogP contribution in [0.4, 0.5) is 4.79 Å². The van der Waals surface area contributed by atoms with Gasteiger partial charge >= 0.3 is 6.03 Å². The molecule has 0 radical (unpaired) electrons. The summed E-state index contributed by atoms with van der Waals surface area (Å²) in [6, 6.07) is 5.65. The first-order valence-corrected chi connectivity index (χ1v) is 9.20. The summed E-state index contributed by atoms with van der Waals surface area (Å²) in [6.07, 6.45) is 2.63. The van der Waals surface area contributed by atoms with Crippen molar-refractivity contribution in [3.63, 3.8) is 0 Å². The van der Waals surface area contributed by atoms with Crippen molar-refractivity contribution in [3.05, 3.63) is 46.7 Å². The van der Waals surface area contributed by atoms with Crippen molar-refractivity contribution in [1.82, 2.24) is 15.0 Å². The van der Waals surface area contributed by atoms with Crippen molar-refractivity contribution in [2.75, 3.05) is 7.05 Å². The van der Waals surface area contributed by atoms with Crippen LogP contribution in [0.15, 0.2) is 51.3 Å². The predicted molar refractivity (Wildman–Crippen MR) is 89.6 cm³/mol. The minimum atomic E-state index is -4.05. The number of hydrogen-bond donors (Lipinski definition) is 2. The van der Waals surface area contributed by atoms with Crippen LogP contribution in [0, 0.1) is 0 Å². The van der Waals surface area contributed by atoms with E-state index in [9.17, 15) is 13.2 Å². The van der Waals surface area contributed by atoms with E-state index in [4.69, 9.17) is 23.2 Å². The van der Waals surface area contributed by atoms with Crippen LogP contribution in [0.5, 0.6) is 0 Å². The summed E-state index contributed by atoms with van der Waals surface area (Å²) in [4.78, 5) is 16.1. The van der Waals surface area contributed by atoms with E-state index in [1.807, 2.05) is 4.72 Å². The molecular weight excluding hydrogens is 381 g/mol. The first-order valence-electron chi connectivity index (χ1n) is 6.15. The minimum Gasteiger partial charge on any atom is -0.340 e. The number of hydrogen-bond acceptors (Lipinski definition) is 5. The molecule has 6 nitrogen and oxygen atoms in total. The standard InChI is InChI=1S/C13H11Cl2N3O3S2/c1-16-13(19)18-23(20,21)12-7-17-5-4-11(12)22-8-2-3-9(14)10(15)6-8/h2-7H,1H3,(H2,16,18,19). The molecule has 0 fully saturated rings. The van der Waals surface area contributed by atoms with E-state index in [2.05, 4.69) is 10.3 Å². The molecule has 0 spiro atoms. The molecule has 23 heavy (non-hydrogen) atoms. The lowest BCUT2D eigenvalue weighted by atomic mass is 10.4. The molecule has 0 aliphatic carbocycles. The molecule has 0 saturated heterocycles. The second-order valence-corrected chi connectivity index (χ2v) is 7.77. The van der Waals surface area contributed by atoms with Gasteiger partial charge in [0.2, 0.25) is 0 Å². The maximum Gasteiger partial charge on any atom is 0.328 e. The molecule has 2 N–H and O–H groups in total. The minimum absolute atomic E-state index is 0.111. The van der Waals surface area contributed by atoms with Crippen molar-refractivity contribution in [3.8, 4) is 0 Å². The van der Waals surface area contributed by atoms with Gasteiger partial charge < -0.3 is 5.32 Å².